The van der Waals surface area contributed by atoms with Crippen molar-refractivity contribution in [1.82, 2.24) is 15.3 Å². The van der Waals surface area contributed by atoms with Gasteiger partial charge in [-0.3, -0.25) is 9.59 Å². The molecule has 6 heteroatoms. The zero-order chi connectivity index (χ0) is 18.1. The van der Waals surface area contributed by atoms with Gasteiger partial charge >= 0.3 is 0 Å². The van der Waals surface area contributed by atoms with Crippen molar-refractivity contribution in [1.29, 1.82) is 0 Å². The smallest absolute Gasteiger partial charge is 0.255 e. The Morgan fingerprint density at radius 2 is 2.15 bits per heavy atom. The van der Waals surface area contributed by atoms with E-state index in [1.165, 1.54) is 0 Å². The molecule has 3 aromatic rings. The second-order valence-electron chi connectivity index (χ2n) is 6.48. The lowest BCUT2D eigenvalue weighted by Gasteiger charge is -2.13. The number of hydrogen-bond acceptors (Lipinski definition) is 4. The molecule has 4 rings (SSSR count). The number of amides is 1. The van der Waals surface area contributed by atoms with Gasteiger partial charge in [0.2, 0.25) is 11.8 Å². The number of ether oxygens (including phenoxy) is 1. The van der Waals surface area contributed by atoms with E-state index >= 15 is 0 Å². The lowest BCUT2D eigenvalue weighted by Crippen LogP contribution is -2.31. The maximum atomic E-state index is 12.2. The van der Waals surface area contributed by atoms with Gasteiger partial charge < -0.3 is 15.0 Å². The third-order valence-electron chi connectivity index (χ3n) is 4.70. The van der Waals surface area contributed by atoms with E-state index in [1.54, 1.807) is 18.5 Å². The van der Waals surface area contributed by atoms with E-state index in [2.05, 4.69) is 21.9 Å². The first-order chi connectivity index (χ1) is 12.7. The summed E-state index contributed by atoms with van der Waals surface area (Å²) in [6.07, 6.45) is 7.16. The van der Waals surface area contributed by atoms with E-state index in [0.717, 1.165) is 28.1 Å². The lowest BCUT2D eigenvalue weighted by atomic mass is 10.0. The highest BCUT2D eigenvalue weighted by atomic mass is 16.5. The van der Waals surface area contributed by atoms with Crippen molar-refractivity contribution in [2.24, 2.45) is 0 Å². The van der Waals surface area contributed by atoms with Crippen molar-refractivity contribution in [2.45, 2.75) is 25.3 Å². The van der Waals surface area contributed by atoms with Gasteiger partial charge in [-0.15, -0.1) is 6.58 Å². The molecule has 1 atom stereocenters. The summed E-state index contributed by atoms with van der Waals surface area (Å²) in [5, 5.41) is 6.13. The number of carbonyl (C=O) groups is 1. The molecule has 6 nitrogen and oxygen atoms in total. The van der Waals surface area contributed by atoms with Crippen molar-refractivity contribution in [2.75, 3.05) is 6.61 Å². The Morgan fingerprint density at radius 3 is 2.92 bits per heavy atom. The fourth-order valence-electron chi connectivity index (χ4n) is 3.38. The van der Waals surface area contributed by atoms with Gasteiger partial charge in [-0.05, 0) is 47.4 Å². The molecule has 1 aliphatic rings. The molecule has 0 spiro atoms. The van der Waals surface area contributed by atoms with Crippen molar-refractivity contribution < 1.29 is 9.53 Å². The number of H-pyrrole nitrogens is 1. The van der Waals surface area contributed by atoms with Crippen molar-refractivity contribution in [3.8, 4) is 5.88 Å². The number of fused-ring (bicyclic) bond motifs is 2. The van der Waals surface area contributed by atoms with Crippen LogP contribution in [0.4, 0.5) is 0 Å². The SMILES string of the molecule is C=CCc1c[nH]c(=O)c2cc3ccnc(OCC4CCC(=O)N4)c3cc12. The van der Waals surface area contributed by atoms with Gasteiger partial charge in [-0.2, -0.15) is 0 Å². The van der Waals surface area contributed by atoms with Gasteiger partial charge in [0, 0.05) is 29.6 Å². The van der Waals surface area contributed by atoms with Gasteiger partial charge in [-0.1, -0.05) is 6.08 Å². The molecule has 0 aliphatic carbocycles. The predicted molar refractivity (Wildman–Crippen MR) is 100 cm³/mol. The zero-order valence-electron chi connectivity index (χ0n) is 14.2. The molecule has 26 heavy (non-hydrogen) atoms. The number of allylic oxidation sites excluding steroid dienone is 1. The number of rotatable bonds is 5. The maximum Gasteiger partial charge on any atom is 0.255 e. The van der Waals surface area contributed by atoms with Crippen molar-refractivity contribution >= 4 is 27.5 Å². The van der Waals surface area contributed by atoms with Crippen LogP contribution in [-0.2, 0) is 11.2 Å². The standard InChI is InChI=1S/C20H19N3O3/c1-2-3-13-10-22-19(25)17-8-12-6-7-21-20(16(12)9-15(13)17)26-11-14-4-5-18(24)23-14/h2,6-10,14H,1,3-5,11H2,(H,22,25)(H,23,24). The van der Waals surface area contributed by atoms with Crippen LogP contribution < -0.4 is 15.6 Å². The van der Waals surface area contributed by atoms with Crippen LogP contribution in [0.1, 0.15) is 18.4 Å². The molecule has 2 N–H and O–H groups in total. The van der Waals surface area contributed by atoms with E-state index in [9.17, 15) is 9.59 Å². The van der Waals surface area contributed by atoms with Gasteiger partial charge in [0.25, 0.3) is 5.56 Å². The number of hydrogen-bond donors (Lipinski definition) is 2. The van der Waals surface area contributed by atoms with E-state index in [0.29, 0.717) is 30.7 Å². The highest BCUT2D eigenvalue weighted by Gasteiger charge is 2.21. The summed E-state index contributed by atoms with van der Waals surface area (Å²) in [5.41, 5.74) is 0.872. The minimum atomic E-state index is -0.123. The van der Waals surface area contributed by atoms with Crippen LogP contribution in [0.5, 0.6) is 5.88 Å². The summed E-state index contributed by atoms with van der Waals surface area (Å²) in [6, 6.07) is 5.69. The van der Waals surface area contributed by atoms with Crippen LogP contribution in [0.3, 0.4) is 0 Å². The van der Waals surface area contributed by atoms with Crippen molar-refractivity contribution in [3.05, 3.63) is 59.2 Å². The highest BCUT2D eigenvalue weighted by Crippen LogP contribution is 2.29. The number of pyridine rings is 2. The second-order valence-corrected chi connectivity index (χ2v) is 6.48. The molecule has 1 saturated heterocycles. The Balaban J connectivity index is 1.77. The number of benzene rings is 1. The molecular formula is C20H19N3O3. The van der Waals surface area contributed by atoms with E-state index in [1.807, 2.05) is 18.2 Å². The summed E-state index contributed by atoms with van der Waals surface area (Å²) in [4.78, 5) is 30.7. The summed E-state index contributed by atoms with van der Waals surface area (Å²) < 4.78 is 5.90. The Morgan fingerprint density at radius 1 is 1.27 bits per heavy atom. The summed E-state index contributed by atoms with van der Waals surface area (Å²) >= 11 is 0. The third-order valence-corrected chi connectivity index (χ3v) is 4.70. The van der Waals surface area contributed by atoms with Crippen LogP contribution in [0.15, 0.2) is 48.0 Å². The molecule has 0 saturated carbocycles. The number of carbonyl (C=O) groups excluding carboxylic acids is 1. The van der Waals surface area contributed by atoms with Gasteiger partial charge in [0.1, 0.15) is 6.61 Å². The zero-order valence-corrected chi connectivity index (χ0v) is 14.2. The van der Waals surface area contributed by atoms with Crippen LogP contribution >= 0.6 is 0 Å². The lowest BCUT2D eigenvalue weighted by molar-refractivity contribution is -0.119. The minimum Gasteiger partial charge on any atom is -0.475 e. The Hall–Kier alpha value is -3.15. The van der Waals surface area contributed by atoms with Gasteiger partial charge in [0.05, 0.1) is 6.04 Å². The van der Waals surface area contributed by atoms with Crippen LogP contribution in [0.2, 0.25) is 0 Å². The number of nitrogens with zero attached hydrogens (tertiary/aromatic N) is 1. The fourth-order valence-corrected chi connectivity index (χ4v) is 3.38. The topological polar surface area (TPSA) is 84.1 Å². The van der Waals surface area contributed by atoms with Crippen LogP contribution in [0.25, 0.3) is 21.5 Å². The molecule has 0 bridgehead atoms. The van der Waals surface area contributed by atoms with Crippen LogP contribution in [-0.4, -0.2) is 28.5 Å². The molecule has 1 aliphatic heterocycles. The summed E-state index contributed by atoms with van der Waals surface area (Å²) in [5.74, 6) is 0.569. The number of aromatic amines is 1. The van der Waals surface area contributed by atoms with Crippen LogP contribution in [0, 0.1) is 0 Å². The molecular weight excluding hydrogens is 330 g/mol. The number of nitrogens with one attached hydrogen (secondary N) is 2. The average Bonchev–Trinajstić information content (AvgIpc) is 3.06. The largest absolute Gasteiger partial charge is 0.475 e. The molecule has 1 aromatic carbocycles. The first-order valence-corrected chi connectivity index (χ1v) is 8.62. The first kappa shape index (κ1) is 16.3. The van der Waals surface area contributed by atoms with Crippen molar-refractivity contribution in [3.63, 3.8) is 0 Å². The molecule has 132 valence electrons. The first-order valence-electron chi connectivity index (χ1n) is 8.62. The molecule has 1 fully saturated rings. The molecule has 3 heterocycles. The van der Waals surface area contributed by atoms with E-state index in [-0.39, 0.29) is 17.5 Å². The molecule has 0 radical (unpaired) electrons. The van der Waals surface area contributed by atoms with Gasteiger partial charge in [0.15, 0.2) is 0 Å². The maximum absolute atomic E-state index is 12.2. The highest BCUT2D eigenvalue weighted by molar-refractivity contribution is 6.01. The average molecular weight is 349 g/mol. The number of aromatic nitrogens is 2. The third kappa shape index (κ3) is 2.94. The minimum absolute atomic E-state index is 0.0131. The second kappa shape index (κ2) is 6.63. The summed E-state index contributed by atoms with van der Waals surface area (Å²) in [7, 11) is 0. The van der Waals surface area contributed by atoms with E-state index in [4.69, 9.17) is 4.74 Å². The fraction of sp³-hybridized carbons (Fsp3) is 0.250. The van der Waals surface area contributed by atoms with E-state index < -0.39 is 0 Å². The normalized spacial score (nSPS) is 16.8. The Bertz CT molecular complexity index is 1070. The summed E-state index contributed by atoms with van der Waals surface area (Å²) in [6.45, 7) is 4.16. The monoisotopic (exact) mass is 349 g/mol. The quantitative estimate of drug-likeness (QED) is 0.547. The molecule has 1 amide bonds. The Labute approximate surface area is 149 Å². The molecule has 1 unspecified atom stereocenters. The molecule has 2 aromatic heterocycles. The Kier molecular flexibility index (Phi) is 4.16. The van der Waals surface area contributed by atoms with Gasteiger partial charge in [-0.25, -0.2) is 4.98 Å². The predicted octanol–water partition coefficient (Wildman–Crippen LogP) is 2.46.